The van der Waals surface area contributed by atoms with Crippen LogP contribution in [0.15, 0.2) is 0 Å². The molecule has 1 saturated carbocycles. The minimum absolute atomic E-state index is 0.0539. The molecule has 1 aliphatic heterocycles. The number of carbonyl (C=O) groups excluding carboxylic acids is 1. The monoisotopic (exact) mass is 223 g/mol. The molecule has 0 aromatic heterocycles. The van der Waals surface area contributed by atoms with Gasteiger partial charge in [-0.3, -0.25) is 4.79 Å². The Bertz CT molecular complexity index is 273. The van der Waals surface area contributed by atoms with Crippen LogP contribution in [0.3, 0.4) is 0 Å². The van der Waals surface area contributed by atoms with Gasteiger partial charge >= 0.3 is 12.1 Å². The standard InChI is InChI=1S/C9H12F3NO2/c10-9(11,12)7(14)13-4-5-15-6-8(13)2-1-3-8/h1-6H2. The van der Waals surface area contributed by atoms with Gasteiger partial charge in [0.2, 0.25) is 0 Å². The lowest BCUT2D eigenvalue weighted by atomic mass is 9.75. The number of amides is 1. The number of hydrogen-bond donors (Lipinski definition) is 0. The van der Waals surface area contributed by atoms with E-state index in [0.29, 0.717) is 12.8 Å². The van der Waals surface area contributed by atoms with Crippen molar-refractivity contribution in [2.45, 2.75) is 31.0 Å². The number of carbonyl (C=O) groups is 1. The van der Waals surface area contributed by atoms with E-state index in [1.54, 1.807) is 0 Å². The van der Waals surface area contributed by atoms with E-state index in [-0.39, 0.29) is 19.8 Å². The predicted octanol–water partition coefficient (Wildman–Crippen LogP) is 1.33. The van der Waals surface area contributed by atoms with Crippen molar-refractivity contribution in [3.05, 3.63) is 0 Å². The molecule has 2 fully saturated rings. The lowest BCUT2D eigenvalue weighted by molar-refractivity contribution is -0.205. The summed E-state index contributed by atoms with van der Waals surface area (Å²) >= 11 is 0. The van der Waals surface area contributed by atoms with Crippen molar-refractivity contribution in [3.63, 3.8) is 0 Å². The van der Waals surface area contributed by atoms with E-state index in [9.17, 15) is 18.0 Å². The van der Waals surface area contributed by atoms with Gasteiger partial charge in [0.25, 0.3) is 0 Å². The van der Waals surface area contributed by atoms with Crippen molar-refractivity contribution in [1.29, 1.82) is 0 Å². The molecule has 0 N–H and O–H groups in total. The summed E-state index contributed by atoms with van der Waals surface area (Å²) in [6, 6.07) is 0. The molecule has 1 aliphatic carbocycles. The topological polar surface area (TPSA) is 29.5 Å². The second-order valence-corrected chi connectivity index (χ2v) is 4.09. The van der Waals surface area contributed by atoms with Crippen LogP contribution in [-0.2, 0) is 9.53 Å². The van der Waals surface area contributed by atoms with Gasteiger partial charge in [0.1, 0.15) is 0 Å². The predicted molar refractivity (Wildman–Crippen MR) is 45.2 cm³/mol. The van der Waals surface area contributed by atoms with Crippen LogP contribution in [0.4, 0.5) is 13.2 Å². The van der Waals surface area contributed by atoms with E-state index >= 15 is 0 Å². The first-order valence-electron chi connectivity index (χ1n) is 4.92. The van der Waals surface area contributed by atoms with Crippen LogP contribution in [0.1, 0.15) is 19.3 Å². The third-order valence-corrected chi connectivity index (χ3v) is 3.17. The molecule has 2 aliphatic rings. The molecule has 1 spiro atoms. The normalized spacial score (nSPS) is 25.1. The van der Waals surface area contributed by atoms with Gasteiger partial charge < -0.3 is 9.64 Å². The zero-order valence-electron chi connectivity index (χ0n) is 8.14. The van der Waals surface area contributed by atoms with Crippen molar-refractivity contribution in [2.24, 2.45) is 0 Å². The number of rotatable bonds is 0. The van der Waals surface area contributed by atoms with E-state index in [1.807, 2.05) is 0 Å². The summed E-state index contributed by atoms with van der Waals surface area (Å²) in [6.07, 6.45) is -2.66. The molecule has 0 radical (unpaired) electrons. The van der Waals surface area contributed by atoms with Crippen molar-refractivity contribution in [2.75, 3.05) is 19.8 Å². The van der Waals surface area contributed by atoms with Gasteiger partial charge in [0.05, 0.1) is 18.8 Å². The summed E-state index contributed by atoms with van der Waals surface area (Å²) in [5.74, 6) is -1.72. The first-order valence-corrected chi connectivity index (χ1v) is 4.92. The zero-order valence-corrected chi connectivity index (χ0v) is 8.14. The van der Waals surface area contributed by atoms with Crippen LogP contribution in [0.5, 0.6) is 0 Å². The smallest absolute Gasteiger partial charge is 0.377 e. The van der Waals surface area contributed by atoms with E-state index in [4.69, 9.17) is 4.74 Å². The molecular formula is C9H12F3NO2. The molecule has 6 heteroatoms. The van der Waals surface area contributed by atoms with Crippen molar-refractivity contribution in [1.82, 2.24) is 4.90 Å². The summed E-state index contributed by atoms with van der Waals surface area (Å²) in [5.41, 5.74) is -0.662. The molecular weight excluding hydrogens is 211 g/mol. The maximum absolute atomic E-state index is 12.3. The fourth-order valence-electron chi connectivity index (χ4n) is 2.20. The number of morpholine rings is 1. The second-order valence-electron chi connectivity index (χ2n) is 4.09. The Morgan fingerprint density at radius 2 is 2.00 bits per heavy atom. The number of hydrogen-bond acceptors (Lipinski definition) is 2. The second kappa shape index (κ2) is 3.37. The summed E-state index contributed by atoms with van der Waals surface area (Å²) in [7, 11) is 0. The maximum Gasteiger partial charge on any atom is 0.471 e. The van der Waals surface area contributed by atoms with Gasteiger partial charge in [-0.2, -0.15) is 13.2 Å². The molecule has 3 nitrogen and oxygen atoms in total. The Morgan fingerprint density at radius 1 is 1.33 bits per heavy atom. The van der Waals surface area contributed by atoms with Gasteiger partial charge in [-0.25, -0.2) is 0 Å². The van der Waals surface area contributed by atoms with Crippen LogP contribution in [0.25, 0.3) is 0 Å². The maximum atomic E-state index is 12.3. The van der Waals surface area contributed by atoms with Crippen LogP contribution in [0.2, 0.25) is 0 Å². The van der Waals surface area contributed by atoms with E-state index in [2.05, 4.69) is 0 Å². The summed E-state index contributed by atoms with van der Waals surface area (Å²) in [4.78, 5) is 12.1. The number of ether oxygens (including phenoxy) is 1. The van der Waals surface area contributed by atoms with Gasteiger partial charge in [-0.1, -0.05) is 0 Å². The Morgan fingerprint density at radius 3 is 2.47 bits per heavy atom. The van der Waals surface area contributed by atoms with E-state index in [0.717, 1.165) is 11.3 Å². The average molecular weight is 223 g/mol. The third kappa shape index (κ3) is 1.71. The molecule has 0 atom stereocenters. The van der Waals surface area contributed by atoms with Crippen LogP contribution < -0.4 is 0 Å². The molecule has 0 aromatic carbocycles. The van der Waals surface area contributed by atoms with Gasteiger partial charge in [-0.05, 0) is 19.3 Å². The molecule has 0 aromatic rings. The van der Waals surface area contributed by atoms with Crippen LogP contribution >= 0.6 is 0 Å². The molecule has 86 valence electrons. The summed E-state index contributed by atoms with van der Waals surface area (Å²) in [5, 5.41) is 0. The Balaban J connectivity index is 2.15. The lowest BCUT2D eigenvalue weighted by Gasteiger charge is -2.52. The largest absolute Gasteiger partial charge is 0.471 e. The highest BCUT2D eigenvalue weighted by molar-refractivity contribution is 5.82. The highest BCUT2D eigenvalue weighted by Gasteiger charge is 2.53. The average Bonchev–Trinajstić information content (AvgIpc) is 2.12. The van der Waals surface area contributed by atoms with Crippen molar-refractivity contribution >= 4 is 5.91 Å². The van der Waals surface area contributed by atoms with Crippen LogP contribution in [-0.4, -0.2) is 42.3 Å². The minimum atomic E-state index is -4.76. The van der Waals surface area contributed by atoms with Gasteiger partial charge in [0.15, 0.2) is 0 Å². The summed E-state index contributed by atoms with van der Waals surface area (Å²) < 4.78 is 42.1. The van der Waals surface area contributed by atoms with Crippen molar-refractivity contribution in [3.8, 4) is 0 Å². The Labute approximate surface area is 85.2 Å². The zero-order chi connectivity index (χ0) is 11.1. The fraction of sp³-hybridized carbons (Fsp3) is 0.889. The van der Waals surface area contributed by atoms with Crippen LogP contribution in [0, 0.1) is 0 Å². The molecule has 2 rings (SSSR count). The molecule has 15 heavy (non-hydrogen) atoms. The van der Waals surface area contributed by atoms with Crippen molar-refractivity contribution < 1.29 is 22.7 Å². The number of halogens is 3. The minimum Gasteiger partial charge on any atom is -0.377 e. The first-order chi connectivity index (χ1) is 6.96. The quantitative estimate of drug-likeness (QED) is 0.620. The fourth-order valence-corrected chi connectivity index (χ4v) is 2.20. The lowest BCUT2D eigenvalue weighted by Crippen LogP contribution is -2.64. The molecule has 1 amide bonds. The van der Waals surface area contributed by atoms with Gasteiger partial charge in [0, 0.05) is 6.54 Å². The SMILES string of the molecule is O=C(N1CCOCC12CCC2)C(F)(F)F. The molecule has 0 unspecified atom stereocenters. The number of nitrogens with zero attached hydrogens (tertiary/aromatic N) is 1. The Hall–Kier alpha value is -0.780. The molecule has 1 saturated heterocycles. The first kappa shape index (κ1) is 10.7. The molecule has 0 bridgehead atoms. The number of alkyl halides is 3. The Kier molecular flexibility index (Phi) is 2.41. The third-order valence-electron chi connectivity index (χ3n) is 3.17. The van der Waals surface area contributed by atoms with E-state index < -0.39 is 17.6 Å². The molecule has 1 heterocycles. The van der Waals surface area contributed by atoms with Gasteiger partial charge in [-0.15, -0.1) is 0 Å². The summed E-state index contributed by atoms with van der Waals surface area (Å²) in [6.45, 7) is 0.497. The van der Waals surface area contributed by atoms with E-state index in [1.165, 1.54) is 0 Å². The highest BCUT2D eigenvalue weighted by Crippen LogP contribution is 2.41. The highest BCUT2D eigenvalue weighted by atomic mass is 19.4.